The summed E-state index contributed by atoms with van der Waals surface area (Å²) >= 11 is 1.21. The number of nitrogens with one attached hydrogen (secondary N) is 1. The summed E-state index contributed by atoms with van der Waals surface area (Å²) in [6, 6.07) is 13.8. The maximum Gasteiger partial charge on any atom is 0.233 e. The van der Waals surface area contributed by atoms with E-state index in [4.69, 9.17) is 0 Å². The third-order valence-corrected chi connectivity index (χ3v) is 4.76. The van der Waals surface area contributed by atoms with Gasteiger partial charge in [0, 0.05) is 10.9 Å². The van der Waals surface area contributed by atoms with Crippen LogP contribution in [0.15, 0.2) is 53.4 Å². The molecule has 2 atom stereocenters. The quantitative estimate of drug-likeness (QED) is 0.741. The van der Waals surface area contributed by atoms with E-state index >= 15 is 0 Å². The Morgan fingerprint density at radius 2 is 1.79 bits per heavy atom. The molecule has 2 nitrogen and oxygen atoms in total. The Kier molecular flexibility index (Phi) is 6.79. The number of aryl methyl sites for hydroxylation is 1. The van der Waals surface area contributed by atoms with Gasteiger partial charge in [-0.3, -0.25) is 4.79 Å². The van der Waals surface area contributed by atoms with Crippen LogP contribution in [0, 0.1) is 11.6 Å². The Morgan fingerprint density at radius 1 is 1.08 bits per heavy atom. The highest BCUT2D eigenvalue weighted by Crippen LogP contribution is 2.25. The van der Waals surface area contributed by atoms with Gasteiger partial charge in [-0.2, -0.15) is 0 Å². The normalized spacial score (nSPS) is 13.3. The SMILES string of the molecule is C[C@H](CCc1ccccc1)NC(=O)[C@H](C)Sc1ccc(F)c(F)c1. The first-order valence-electron chi connectivity index (χ1n) is 7.91. The molecule has 2 rings (SSSR count). The van der Waals surface area contributed by atoms with Crippen LogP contribution in [0.1, 0.15) is 25.8 Å². The summed E-state index contributed by atoms with van der Waals surface area (Å²) < 4.78 is 26.1. The van der Waals surface area contributed by atoms with Gasteiger partial charge in [0.2, 0.25) is 5.91 Å². The molecular formula is C19H21F2NOS. The van der Waals surface area contributed by atoms with E-state index in [0.717, 1.165) is 25.0 Å². The van der Waals surface area contributed by atoms with Gasteiger partial charge in [-0.1, -0.05) is 30.3 Å². The molecule has 0 saturated carbocycles. The number of carbonyl (C=O) groups is 1. The van der Waals surface area contributed by atoms with Crippen molar-refractivity contribution in [2.75, 3.05) is 0 Å². The number of thioether (sulfide) groups is 1. The van der Waals surface area contributed by atoms with Crippen LogP contribution in [0.3, 0.4) is 0 Å². The van der Waals surface area contributed by atoms with Crippen molar-refractivity contribution in [3.8, 4) is 0 Å². The molecule has 0 radical (unpaired) electrons. The van der Waals surface area contributed by atoms with Gasteiger partial charge in [0.15, 0.2) is 11.6 Å². The Labute approximate surface area is 145 Å². The summed E-state index contributed by atoms with van der Waals surface area (Å²) in [5.74, 6) is -1.89. The molecule has 0 aromatic heterocycles. The first kappa shape index (κ1) is 18.5. The molecule has 0 unspecified atom stereocenters. The van der Waals surface area contributed by atoms with Crippen molar-refractivity contribution in [1.82, 2.24) is 5.32 Å². The molecule has 24 heavy (non-hydrogen) atoms. The first-order chi connectivity index (χ1) is 11.5. The van der Waals surface area contributed by atoms with Gasteiger partial charge < -0.3 is 5.32 Å². The molecule has 0 aliphatic carbocycles. The van der Waals surface area contributed by atoms with Crippen molar-refractivity contribution >= 4 is 17.7 Å². The van der Waals surface area contributed by atoms with E-state index in [1.807, 2.05) is 25.1 Å². The van der Waals surface area contributed by atoms with E-state index in [2.05, 4.69) is 17.4 Å². The van der Waals surface area contributed by atoms with Crippen molar-refractivity contribution in [2.24, 2.45) is 0 Å². The Morgan fingerprint density at radius 3 is 2.46 bits per heavy atom. The Bertz CT molecular complexity index is 678. The maximum absolute atomic E-state index is 13.2. The predicted octanol–water partition coefficient (Wildman–Crippen LogP) is 4.58. The van der Waals surface area contributed by atoms with Gasteiger partial charge in [-0.05, 0) is 50.5 Å². The van der Waals surface area contributed by atoms with Crippen molar-refractivity contribution in [3.63, 3.8) is 0 Å². The van der Waals surface area contributed by atoms with E-state index < -0.39 is 11.6 Å². The van der Waals surface area contributed by atoms with Crippen LogP contribution in [-0.4, -0.2) is 17.2 Å². The predicted molar refractivity (Wildman–Crippen MR) is 94.0 cm³/mol. The van der Waals surface area contributed by atoms with Gasteiger partial charge >= 0.3 is 0 Å². The fourth-order valence-corrected chi connectivity index (χ4v) is 3.17. The number of rotatable bonds is 7. The molecule has 0 aliphatic rings. The minimum Gasteiger partial charge on any atom is -0.353 e. The van der Waals surface area contributed by atoms with Gasteiger partial charge in [-0.25, -0.2) is 8.78 Å². The smallest absolute Gasteiger partial charge is 0.233 e. The van der Waals surface area contributed by atoms with Gasteiger partial charge in [-0.15, -0.1) is 11.8 Å². The number of benzene rings is 2. The summed E-state index contributed by atoms with van der Waals surface area (Å²) in [7, 11) is 0. The highest BCUT2D eigenvalue weighted by atomic mass is 32.2. The molecule has 0 heterocycles. The summed E-state index contributed by atoms with van der Waals surface area (Å²) in [4.78, 5) is 12.8. The minimum atomic E-state index is -0.899. The third-order valence-electron chi connectivity index (χ3n) is 3.67. The molecule has 1 N–H and O–H groups in total. The van der Waals surface area contributed by atoms with E-state index in [1.165, 1.54) is 23.4 Å². The molecule has 128 valence electrons. The second-order valence-corrected chi connectivity index (χ2v) is 7.18. The Balaban J connectivity index is 1.80. The van der Waals surface area contributed by atoms with Crippen molar-refractivity contribution in [1.29, 1.82) is 0 Å². The van der Waals surface area contributed by atoms with Crippen LogP contribution in [0.5, 0.6) is 0 Å². The van der Waals surface area contributed by atoms with E-state index in [1.54, 1.807) is 6.92 Å². The lowest BCUT2D eigenvalue weighted by Gasteiger charge is -2.17. The third kappa shape index (κ3) is 5.64. The van der Waals surface area contributed by atoms with Gasteiger partial charge in [0.05, 0.1) is 5.25 Å². The Hall–Kier alpha value is -1.88. The average Bonchev–Trinajstić information content (AvgIpc) is 2.57. The maximum atomic E-state index is 13.2. The fourth-order valence-electron chi connectivity index (χ4n) is 2.27. The van der Waals surface area contributed by atoms with E-state index in [0.29, 0.717) is 4.90 Å². The van der Waals surface area contributed by atoms with Crippen molar-refractivity contribution in [2.45, 2.75) is 42.9 Å². The van der Waals surface area contributed by atoms with Crippen molar-refractivity contribution in [3.05, 3.63) is 65.7 Å². The lowest BCUT2D eigenvalue weighted by Crippen LogP contribution is -2.37. The fraction of sp³-hybridized carbons (Fsp3) is 0.316. The molecular weight excluding hydrogens is 328 g/mol. The number of hydrogen-bond acceptors (Lipinski definition) is 2. The number of amides is 1. The zero-order chi connectivity index (χ0) is 17.5. The topological polar surface area (TPSA) is 29.1 Å². The van der Waals surface area contributed by atoms with Crippen LogP contribution >= 0.6 is 11.8 Å². The van der Waals surface area contributed by atoms with E-state index in [9.17, 15) is 13.6 Å². The number of halogens is 2. The van der Waals surface area contributed by atoms with Gasteiger partial charge in [0.25, 0.3) is 0 Å². The molecule has 1 amide bonds. The molecule has 2 aromatic rings. The summed E-state index contributed by atoms with van der Waals surface area (Å²) in [5.41, 5.74) is 1.24. The highest BCUT2D eigenvalue weighted by Gasteiger charge is 2.17. The zero-order valence-corrected chi connectivity index (χ0v) is 14.6. The van der Waals surface area contributed by atoms with Crippen LogP contribution in [0.4, 0.5) is 8.78 Å². The van der Waals surface area contributed by atoms with Crippen LogP contribution < -0.4 is 5.32 Å². The second kappa shape index (κ2) is 8.83. The molecule has 0 aliphatic heterocycles. The number of hydrogen-bond donors (Lipinski definition) is 1. The summed E-state index contributed by atoms with van der Waals surface area (Å²) in [6.07, 6.45) is 1.74. The summed E-state index contributed by atoms with van der Waals surface area (Å²) in [6.45, 7) is 3.72. The first-order valence-corrected chi connectivity index (χ1v) is 8.79. The molecule has 0 saturated heterocycles. The lowest BCUT2D eigenvalue weighted by atomic mass is 10.1. The molecule has 0 bridgehead atoms. The van der Waals surface area contributed by atoms with E-state index in [-0.39, 0.29) is 17.2 Å². The van der Waals surface area contributed by atoms with Gasteiger partial charge in [0.1, 0.15) is 0 Å². The second-order valence-electron chi connectivity index (χ2n) is 5.77. The van der Waals surface area contributed by atoms with Crippen LogP contribution in [0.2, 0.25) is 0 Å². The largest absolute Gasteiger partial charge is 0.353 e. The van der Waals surface area contributed by atoms with Crippen LogP contribution in [-0.2, 0) is 11.2 Å². The minimum absolute atomic E-state index is 0.0470. The number of carbonyl (C=O) groups excluding carboxylic acids is 1. The molecule has 2 aromatic carbocycles. The monoisotopic (exact) mass is 349 g/mol. The molecule has 5 heteroatoms. The standard InChI is InChI=1S/C19H21F2NOS/c1-13(8-9-15-6-4-3-5-7-15)22-19(23)14(2)24-16-10-11-17(20)18(21)12-16/h3-7,10-14H,8-9H2,1-2H3,(H,22,23)/t13-,14+/m1/s1. The molecule has 0 spiro atoms. The average molecular weight is 349 g/mol. The highest BCUT2D eigenvalue weighted by molar-refractivity contribution is 8.00. The van der Waals surface area contributed by atoms with Crippen molar-refractivity contribution < 1.29 is 13.6 Å². The zero-order valence-electron chi connectivity index (χ0n) is 13.8. The molecule has 0 fully saturated rings. The summed E-state index contributed by atoms with van der Waals surface area (Å²) in [5, 5.41) is 2.59. The van der Waals surface area contributed by atoms with Crippen LogP contribution in [0.25, 0.3) is 0 Å². The lowest BCUT2D eigenvalue weighted by molar-refractivity contribution is -0.120.